The summed E-state index contributed by atoms with van der Waals surface area (Å²) in [5.41, 5.74) is 1.20. The van der Waals surface area contributed by atoms with E-state index in [-0.39, 0.29) is 0 Å². The average Bonchev–Trinajstić information content (AvgIpc) is 2.58. The van der Waals surface area contributed by atoms with Crippen LogP contribution in [0.25, 0.3) is 0 Å². The molecule has 0 amide bonds. The first-order valence-corrected chi connectivity index (χ1v) is 8.33. The van der Waals surface area contributed by atoms with Gasteiger partial charge < -0.3 is 9.59 Å². The van der Waals surface area contributed by atoms with Crippen LogP contribution in [0.3, 0.4) is 0 Å². The molecule has 1 aliphatic heterocycles. The summed E-state index contributed by atoms with van der Waals surface area (Å²) in [6.07, 6.45) is 4.17. The SMILES string of the molecule is C=C(C)C(CCC)N1CCN(CC=O)CCN(CC=O)CC1. The minimum Gasteiger partial charge on any atom is -0.302 e. The molecule has 0 saturated carbocycles. The van der Waals surface area contributed by atoms with Crippen molar-refractivity contribution in [2.75, 3.05) is 52.4 Å². The summed E-state index contributed by atoms with van der Waals surface area (Å²) in [5.74, 6) is 0. The van der Waals surface area contributed by atoms with Crippen LogP contribution in [0.15, 0.2) is 12.2 Å². The highest BCUT2D eigenvalue weighted by Crippen LogP contribution is 2.15. The van der Waals surface area contributed by atoms with E-state index in [2.05, 4.69) is 35.1 Å². The Morgan fingerprint density at radius 3 is 1.82 bits per heavy atom. The zero-order valence-corrected chi connectivity index (χ0v) is 14.2. The third-order valence-corrected chi connectivity index (χ3v) is 4.38. The molecular formula is C17H31N3O2. The molecule has 0 bridgehead atoms. The Hall–Kier alpha value is -1.04. The second kappa shape index (κ2) is 10.6. The topological polar surface area (TPSA) is 43.9 Å². The molecule has 126 valence electrons. The fourth-order valence-electron chi connectivity index (χ4n) is 3.06. The van der Waals surface area contributed by atoms with E-state index in [1.807, 2.05) is 0 Å². The molecule has 5 nitrogen and oxygen atoms in total. The second-order valence-electron chi connectivity index (χ2n) is 6.12. The van der Waals surface area contributed by atoms with E-state index in [1.54, 1.807) is 0 Å². The first kappa shape index (κ1) is 19.0. The van der Waals surface area contributed by atoms with E-state index in [0.717, 1.165) is 64.7 Å². The molecule has 22 heavy (non-hydrogen) atoms. The molecular weight excluding hydrogens is 278 g/mol. The highest BCUT2D eigenvalue weighted by atomic mass is 16.1. The van der Waals surface area contributed by atoms with Crippen LogP contribution in [-0.4, -0.2) is 85.7 Å². The van der Waals surface area contributed by atoms with E-state index in [9.17, 15) is 9.59 Å². The monoisotopic (exact) mass is 309 g/mol. The Kier molecular flexibility index (Phi) is 9.20. The van der Waals surface area contributed by atoms with Gasteiger partial charge >= 0.3 is 0 Å². The number of aldehydes is 2. The van der Waals surface area contributed by atoms with Gasteiger partial charge in [0.05, 0.1) is 13.1 Å². The van der Waals surface area contributed by atoms with Gasteiger partial charge in [-0.3, -0.25) is 14.7 Å². The Bertz CT molecular complexity index is 338. The Balaban J connectivity index is 2.80. The van der Waals surface area contributed by atoms with Crippen LogP contribution in [0, 0.1) is 0 Å². The van der Waals surface area contributed by atoms with Crippen LogP contribution in [0.1, 0.15) is 26.7 Å². The fourth-order valence-corrected chi connectivity index (χ4v) is 3.06. The highest BCUT2D eigenvalue weighted by molar-refractivity contribution is 5.52. The molecule has 1 unspecified atom stereocenters. The van der Waals surface area contributed by atoms with Crippen LogP contribution >= 0.6 is 0 Å². The van der Waals surface area contributed by atoms with Gasteiger partial charge in [0.1, 0.15) is 12.6 Å². The van der Waals surface area contributed by atoms with Gasteiger partial charge in [0.25, 0.3) is 0 Å². The number of carbonyl (C=O) groups excluding carboxylic acids is 2. The smallest absolute Gasteiger partial charge is 0.133 e. The number of hydrogen-bond donors (Lipinski definition) is 0. The third kappa shape index (κ3) is 6.38. The van der Waals surface area contributed by atoms with Gasteiger partial charge in [-0.25, -0.2) is 0 Å². The standard InChI is InChI=1S/C17H31N3O2/c1-4-5-17(16(2)3)20-10-8-18(12-14-21)6-7-19(9-11-20)13-15-22/h14-15,17H,2,4-13H2,1,3H3. The summed E-state index contributed by atoms with van der Waals surface area (Å²) < 4.78 is 0. The molecule has 0 aromatic rings. The molecule has 1 aliphatic rings. The van der Waals surface area contributed by atoms with Gasteiger partial charge in [-0.15, -0.1) is 0 Å². The summed E-state index contributed by atoms with van der Waals surface area (Å²) in [6, 6.07) is 0.388. The zero-order valence-electron chi connectivity index (χ0n) is 14.2. The fraction of sp³-hybridized carbons (Fsp3) is 0.765. The molecule has 1 heterocycles. The van der Waals surface area contributed by atoms with Gasteiger partial charge in [0, 0.05) is 45.3 Å². The van der Waals surface area contributed by atoms with Crippen molar-refractivity contribution in [3.8, 4) is 0 Å². The molecule has 1 saturated heterocycles. The van der Waals surface area contributed by atoms with E-state index in [0.29, 0.717) is 19.1 Å². The van der Waals surface area contributed by atoms with Crippen LogP contribution < -0.4 is 0 Å². The summed E-state index contributed by atoms with van der Waals surface area (Å²) in [5, 5.41) is 0. The van der Waals surface area contributed by atoms with Crippen molar-refractivity contribution in [3.05, 3.63) is 12.2 Å². The molecule has 1 fully saturated rings. The van der Waals surface area contributed by atoms with E-state index in [4.69, 9.17) is 0 Å². The summed E-state index contributed by atoms with van der Waals surface area (Å²) >= 11 is 0. The van der Waals surface area contributed by atoms with Crippen molar-refractivity contribution in [1.29, 1.82) is 0 Å². The molecule has 1 atom stereocenters. The zero-order chi connectivity index (χ0) is 16.4. The van der Waals surface area contributed by atoms with E-state index < -0.39 is 0 Å². The largest absolute Gasteiger partial charge is 0.302 e. The quantitative estimate of drug-likeness (QED) is 0.495. The predicted octanol–water partition coefficient (Wildman–Crippen LogP) is 1.05. The first-order chi connectivity index (χ1) is 10.6. The van der Waals surface area contributed by atoms with Crippen LogP contribution in [0.2, 0.25) is 0 Å². The highest BCUT2D eigenvalue weighted by Gasteiger charge is 2.22. The number of nitrogens with zero attached hydrogens (tertiary/aromatic N) is 3. The Labute approximate surface area is 134 Å². The van der Waals surface area contributed by atoms with Crippen molar-refractivity contribution < 1.29 is 9.59 Å². The summed E-state index contributed by atoms with van der Waals surface area (Å²) in [6.45, 7) is 14.7. The maximum Gasteiger partial charge on any atom is 0.133 e. The molecule has 0 N–H and O–H groups in total. The van der Waals surface area contributed by atoms with Gasteiger partial charge in [0.2, 0.25) is 0 Å². The molecule has 0 radical (unpaired) electrons. The van der Waals surface area contributed by atoms with Crippen molar-refractivity contribution in [2.24, 2.45) is 0 Å². The maximum atomic E-state index is 10.9. The van der Waals surface area contributed by atoms with Crippen LogP contribution in [0.5, 0.6) is 0 Å². The lowest BCUT2D eigenvalue weighted by Crippen LogP contribution is -2.43. The minimum absolute atomic E-state index is 0.388. The normalized spacial score (nSPS) is 20.6. The molecule has 0 aromatic carbocycles. The maximum absolute atomic E-state index is 10.9. The average molecular weight is 309 g/mol. The summed E-state index contributed by atoms with van der Waals surface area (Å²) in [7, 11) is 0. The first-order valence-electron chi connectivity index (χ1n) is 8.33. The van der Waals surface area contributed by atoms with Crippen LogP contribution in [0.4, 0.5) is 0 Å². The van der Waals surface area contributed by atoms with E-state index >= 15 is 0 Å². The van der Waals surface area contributed by atoms with Gasteiger partial charge in [-0.05, 0) is 13.3 Å². The Morgan fingerprint density at radius 2 is 1.45 bits per heavy atom. The van der Waals surface area contributed by atoms with Crippen molar-refractivity contribution in [2.45, 2.75) is 32.7 Å². The minimum atomic E-state index is 0.388. The molecule has 5 heteroatoms. The summed E-state index contributed by atoms with van der Waals surface area (Å²) in [4.78, 5) is 28.5. The van der Waals surface area contributed by atoms with Crippen molar-refractivity contribution in [1.82, 2.24) is 14.7 Å². The van der Waals surface area contributed by atoms with Crippen LogP contribution in [-0.2, 0) is 9.59 Å². The van der Waals surface area contributed by atoms with E-state index in [1.165, 1.54) is 5.57 Å². The number of hydrogen-bond acceptors (Lipinski definition) is 5. The lowest BCUT2D eigenvalue weighted by molar-refractivity contribution is -0.110. The van der Waals surface area contributed by atoms with Gasteiger partial charge in [-0.1, -0.05) is 25.5 Å². The second-order valence-corrected chi connectivity index (χ2v) is 6.12. The molecule has 0 aromatic heterocycles. The predicted molar refractivity (Wildman–Crippen MR) is 90.1 cm³/mol. The van der Waals surface area contributed by atoms with Gasteiger partial charge in [0.15, 0.2) is 0 Å². The molecule has 0 spiro atoms. The number of carbonyl (C=O) groups is 2. The molecule has 0 aliphatic carbocycles. The third-order valence-electron chi connectivity index (χ3n) is 4.38. The Morgan fingerprint density at radius 1 is 1.00 bits per heavy atom. The molecule has 1 rings (SSSR count). The van der Waals surface area contributed by atoms with Crippen molar-refractivity contribution in [3.63, 3.8) is 0 Å². The lowest BCUT2D eigenvalue weighted by Gasteiger charge is -2.33. The van der Waals surface area contributed by atoms with Gasteiger partial charge in [-0.2, -0.15) is 0 Å². The lowest BCUT2D eigenvalue weighted by atomic mass is 10.0. The number of rotatable bonds is 8. The van der Waals surface area contributed by atoms with Crippen molar-refractivity contribution >= 4 is 12.6 Å².